The van der Waals surface area contributed by atoms with Crippen LogP contribution in [0.4, 0.5) is 4.79 Å². The second-order valence-electron chi connectivity index (χ2n) is 11.5. The van der Waals surface area contributed by atoms with E-state index in [1.54, 1.807) is 37.3 Å². The lowest BCUT2D eigenvalue weighted by Gasteiger charge is -2.35. The summed E-state index contributed by atoms with van der Waals surface area (Å²) in [4.78, 5) is 67.9. The zero-order valence-corrected chi connectivity index (χ0v) is 26.0. The van der Waals surface area contributed by atoms with Crippen LogP contribution in [0, 0.1) is 0 Å². The van der Waals surface area contributed by atoms with Crippen LogP contribution < -0.4 is 10.1 Å². The Morgan fingerprint density at radius 2 is 1.59 bits per heavy atom. The monoisotopic (exact) mass is 644 g/mol. The van der Waals surface area contributed by atoms with Crippen LogP contribution in [0.15, 0.2) is 36.4 Å². The van der Waals surface area contributed by atoms with Crippen molar-refractivity contribution < 1.29 is 48.8 Å². The number of nitrogens with one attached hydrogen (secondary N) is 1. The van der Waals surface area contributed by atoms with Crippen LogP contribution in [0.3, 0.4) is 0 Å². The minimum absolute atomic E-state index is 0.0264. The van der Waals surface area contributed by atoms with Crippen molar-refractivity contribution in [2.24, 2.45) is 0 Å². The largest absolute Gasteiger partial charge is 0.481 e. The number of hydrogen-bond acceptors (Lipinski definition) is 10. The SMILES string of the molecule is CCOC(=O)N1CCN(C(=O)[C@H](CCC(=O)O)NC(=O)c2cc(OC(C)(C)C(=O)N3C[C@H](O)[C@@H](O)C3)n(-c3ccccc3)n2)CC1. The molecule has 16 heteroatoms. The van der Waals surface area contributed by atoms with Gasteiger partial charge in [-0.05, 0) is 39.3 Å². The molecule has 0 spiro atoms. The Morgan fingerprint density at radius 1 is 0.978 bits per heavy atom. The number of aliphatic hydroxyl groups excluding tert-OH is 2. The number of rotatable bonds is 11. The number of carboxylic acid groups (broad SMARTS) is 1. The van der Waals surface area contributed by atoms with Gasteiger partial charge in [-0.3, -0.25) is 19.2 Å². The van der Waals surface area contributed by atoms with Gasteiger partial charge in [0.1, 0.15) is 6.04 Å². The smallest absolute Gasteiger partial charge is 0.409 e. The van der Waals surface area contributed by atoms with Crippen LogP contribution in [0.25, 0.3) is 5.69 Å². The Bertz CT molecular complexity index is 1410. The maximum atomic E-state index is 13.5. The molecule has 0 radical (unpaired) electrons. The summed E-state index contributed by atoms with van der Waals surface area (Å²) in [6.45, 7) is 5.58. The third-order valence-electron chi connectivity index (χ3n) is 7.70. The van der Waals surface area contributed by atoms with Gasteiger partial charge in [-0.2, -0.15) is 5.10 Å². The molecule has 16 nitrogen and oxygen atoms in total. The van der Waals surface area contributed by atoms with Gasteiger partial charge in [-0.1, -0.05) is 18.2 Å². The maximum absolute atomic E-state index is 13.5. The van der Waals surface area contributed by atoms with Crippen molar-refractivity contribution in [3.8, 4) is 11.6 Å². The Labute approximate surface area is 265 Å². The lowest BCUT2D eigenvalue weighted by Crippen LogP contribution is -2.56. The molecule has 1 aromatic carbocycles. The number of aromatic nitrogens is 2. The van der Waals surface area contributed by atoms with Crippen molar-refractivity contribution in [3.63, 3.8) is 0 Å². The van der Waals surface area contributed by atoms with Gasteiger partial charge in [0, 0.05) is 51.8 Å². The number of aliphatic hydroxyl groups is 2. The van der Waals surface area contributed by atoms with Gasteiger partial charge in [-0.15, -0.1) is 0 Å². The predicted octanol–water partition coefficient (Wildman–Crippen LogP) is -0.142. The van der Waals surface area contributed by atoms with Gasteiger partial charge in [0.05, 0.1) is 24.5 Å². The van der Waals surface area contributed by atoms with E-state index in [2.05, 4.69) is 10.4 Å². The number of β-amino-alcohol motifs (C(OH)–C–C–N with tert-alkyl or cyclic N) is 2. The lowest BCUT2D eigenvalue weighted by molar-refractivity contribution is -0.145. The van der Waals surface area contributed by atoms with E-state index in [0.29, 0.717) is 5.69 Å². The molecule has 4 N–H and O–H groups in total. The Hall–Kier alpha value is -4.70. The summed E-state index contributed by atoms with van der Waals surface area (Å²) in [6.07, 6.45) is -3.22. The van der Waals surface area contributed by atoms with Crippen molar-refractivity contribution in [2.45, 2.75) is 57.5 Å². The van der Waals surface area contributed by atoms with Crippen molar-refractivity contribution in [1.82, 2.24) is 29.8 Å². The lowest BCUT2D eigenvalue weighted by atomic mass is 10.1. The molecule has 2 fully saturated rings. The highest BCUT2D eigenvalue weighted by atomic mass is 16.6. The normalized spacial score (nSPS) is 19.0. The number of para-hydroxylation sites is 1. The highest BCUT2D eigenvalue weighted by Crippen LogP contribution is 2.26. The minimum Gasteiger partial charge on any atom is -0.481 e. The van der Waals surface area contributed by atoms with E-state index in [9.17, 15) is 39.3 Å². The number of carbonyl (C=O) groups is 5. The van der Waals surface area contributed by atoms with Crippen molar-refractivity contribution >= 4 is 29.8 Å². The second-order valence-corrected chi connectivity index (χ2v) is 11.5. The van der Waals surface area contributed by atoms with E-state index in [0.717, 1.165) is 0 Å². The molecule has 2 aliphatic rings. The molecule has 0 aliphatic carbocycles. The molecule has 1 aromatic heterocycles. The van der Waals surface area contributed by atoms with Crippen LogP contribution in [0.1, 0.15) is 44.1 Å². The number of benzene rings is 1. The number of likely N-dealkylation sites (tertiary alicyclic amines) is 1. The summed E-state index contributed by atoms with van der Waals surface area (Å²) >= 11 is 0. The summed E-state index contributed by atoms with van der Waals surface area (Å²) in [6, 6.07) is 8.79. The van der Waals surface area contributed by atoms with Crippen molar-refractivity contribution in [1.29, 1.82) is 0 Å². The molecule has 4 amide bonds. The number of nitrogens with zero attached hydrogens (tertiary/aromatic N) is 5. The van der Waals surface area contributed by atoms with Crippen molar-refractivity contribution in [2.75, 3.05) is 45.9 Å². The molecule has 3 heterocycles. The second kappa shape index (κ2) is 14.6. The van der Waals surface area contributed by atoms with Gasteiger partial charge < -0.3 is 44.8 Å². The number of carbonyl (C=O) groups excluding carboxylic acids is 4. The number of piperazine rings is 1. The number of aliphatic carboxylic acids is 1. The molecule has 0 unspecified atom stereocenters. The summed E-state index contributed by atoms with van der Waals surface area (Å²) in [5.41, 5.74) is -1.16. The summed E-state index contributed by atoms with van der Waals surface area (Å²) in [5.74, 6) is -2.90. The molecule has 4 rings (SSSR count). The Kier molecular flexibility index (Phi) is 10.8. The molecule has 2 aromatic rings. The van der Waals surface area contributed by atoms with Crippen LogP contribution >= 0.6 is 0 Å². The number of hydrogen-bond donors (Lipinski definition) is 4. The molecular weight excluding hydrogens is 604 g/mol. The summed E-state index contributed by atoms with van der Waals surface area (Å²) in [7, 11) is 0. The Morgan fingerprint density at radius 3 is 2.17 bits per heavy atom. The van der Waals surface area contributed by atoms with Crippen molar-refractivity contribution in [3.05, 3.63) is 42.1 Å². The first-order valence-electron chi connectivity index (χ1n) is 15.0. The van der Waals surface area contributed by atoms with E-state index < -0.39 is 53.6 Å². The topological polar surface area (TPSA) is 204 Å². The summed E-state index contributed by atoms with van der Waals surface area (Å²) in [5, 5.41) is 36.1. The average molecular weight is 645 g/mol. The number of amides is 4. The predicted molar refractivity (Wildman–Crippen MR) is 160 cm³/mol. The van der Waals surface area contributed by atoms with Gasteiger partial charge >= 0.3 is 12.1 Å². The molecule has 0 saturated carbocycles. The molecule has 3 atom stereocenters. The molecular formula is C30H40N6O10. The molecule has 0 bridgehead atoms. The van der Waals surface area contributed by atoms with Crippen LogP contribution in [-0.2, 0) is 19.1 Å². The van der Waals surface area contributed by atoms with Crippen LogP contribution in [0.2, 0.25) is 0 Å². The third kappa shape index (κ3) is 8.11. The average Bonchev–Trinajstić information content (AvgIpc) is 3.60. The number of carboxylic acids is 1. The Balaban J connectivity index is 1.54. The van der Waals surface area contributed by atoms with E-state index in [-0.39, 0.29) is 70.3 Å². The molecule has 2 aliphatic heterocycles. The maximum Gasteiger partial charge on any atom is 0.409 e. The summed E-state index contributed by atoms with van der Waals surface area (Å²) < 4.78 is 12.4. The van der Waals surface area contributed by atoms with E-state index in [1.165, 1.54) is 39.3 Å². The van der Waals surface area contributed by atoms with Gasteiger partial charge in [0.15, 0.2) is 11.3 Å². The standard InChI is InChI=1S/C30H40N6O10/c1-4-45-29(44)34-14-12-33(13-15-34)27(42)20(10-11-25(39)40)31-26(41)21-16-24(36(32-21)19-8-6-5-7-9-19)46-30(2,3)28(43)35-17-22(37)23(38)18-35/h5-9,16,20,22-23,37-38H,4,10-15,17-18H2,1-3H3,(H,31,41)(H,39,40)/t20-,22-,23-/m0/s1. The first kappa shape index (κ1) is 34.2. The zero-order chi connectivity index (χ0) is 33.6. The first-order valence-corrected chi connectivity index (χ1v) is 15.0. The van der Waals surface area contributed by atoms with E-state index in [4.69, 9.17) is 9.47 Å². The number of ether oxygens (including phenoxy) is 2. The fraction of sp³-hybridized carbons (Fsp3) is 0.533. The molecule has 2 saturated heterocycles. The highest BCUT2D eigenvalue weighted by molar-refractivity contribution is 5.96. The fourth-order valence-corrected chi connectivity index (χ4v) is 5.22. The molecule has 250 valence electrons. The first-order chi connectivity index (χ1) is 21.8. The third-order valence-corrected chi connectivity index (χ3v) is 7.70. The van der Waals surface area contributed by atoms with Crippen LogP contribution in [0.5, 0.6) is 5.88 Å². The van der Waals surface area contributed by atoms with Gasteiger partial charge in [0.25, 0.3) is 11.8 Å². The molecule has 46 heavy (non-hydrogen) atoms. The van der Waals surface area contributed by atoms with E-state index >= 15 is 0 Å². The van der Waals surface area contributed by atoms with Gasteiger partial charge in [-0.25, -0.2) is 9.48 Å². The quantitative estimate of drug-likeness (QED) is 0.253. The minimum atomic E-state index is -1.50. The fourth-order valence-electron chi connectivity index (χ4n) is 5.22. The van der Waals surface area contributed by atoms with E-state index in [1.807, 2.05) is 0 Å². The zero-order valence-electron chi connectivity index (χ0n) is 26.0. The highest BCUT2D eigenvalue weighted by Gasteiger charge is 2.41. The van der Waals surface area contributed by atoms with Crippen LogP contribution in [-0.4, -0.2) is 139 Å². The van der Waals surface area contributed by atoms with Gasteiger partial charge in [0.2, 0.25) is 11.8 Å².